The van der Waals surface area contributed by atoms with E-state index in [0.717, 1.165) is 0 Å². The van der Waals surface area contributed by atoms with Gasteiger partial charge in [0.1, 0.15) is 0 Å². The number of nitrogens with two attached hydrogens (primary N) is 1. The van der Waals surface area contributed by atoms with Gasteiger partial charge in [-0.25, -0.2) is 22.0 Å². The van der Waals surface area contributed by atoms with Crippen molar-refractivity contribution in [2.24, 2.45) is 11.7 Å². The van der Waals surface area contributed by atoms with Gasteiger partial charge in [-0.2, -0.15) is 0 Å². The van der Waals surface area contributed by atoms with Crippen LogP contribution in [0.25, 0.3) is 0 Å². The van der Waals surface area contributed by atoms with E-state index in [-0.39, 0.29) is 24.7 Å². The van der Waals surface area contributed by atoms with E-state index in [0.29, 0.717) is 0 Å². The first-order valence-corrected chi connectivity index (χ1v) is 5.04. The first-order chi connectivity index (χ1) is 7.77. The average molecular weight is 290 g/mol. The van der Waals surface area contributed by atoms with Crippen LogP contribution >= 0.6 is 12.4 Å². The second-order valence-electron chi connectivity index (χ2n) is 4.22. The summed E-state index contributed by atoms with van der Waals surface area (Å²) in [5.41, 5.74) is 4.50. The first-order valence-electron chi connectivity index (χ1n) is 5.04. The summed E-state index contributed by atoms with van der Waals surface area (Å²) in [7, 11) is 0. The van der Waals surface area contributed by atoms with Gasteiger partial charge in [-0.15, -0.1) is 12.4 Å². The second kappa shape index (κ2) is 6.33. The molecule has 0 aliphatic rings. The maximum Gasteiger partial charge on any atom is 0.200 e. The van der Waals surface area contributed by atoms with Crippen LogP contribution in [-0.4, -0.2) is 0 Å². The van der Waals surface area contributed by atoms with Crippen molar-refractivity contribution in [1.29, 1.82) is 0 Å². The predicted molar refractivity (Wildman–Crippen MR) is 59.9 cm³/mol. The van der Waals surface area contributed by atoms with Gasteiger partial charge in [-0.1, -0.05) is 13.8 Å². The van der Waals surface area contributed by atoms with Crippen LogP contribution in [0, 0.1) is 35.0 Å². The van der Waals surface area contributed by atoms with Crippen molar-refractivity contribution >= 4 is 12.4 Å². The minimum Gasteiger partial charge on any atom is -0.324 e. The topological polar surface area (TPSA) is 26.0 Å². The average Bonchev–Trinajstić information content (AvgIpc) is 2.23. The molecule has 1 atom stereocenters. The summed E-state index contributed by atoms with van der Waals surface area (Å²) >= 11 is 0. The maximum absolute atomic E-state index is 13.3. The highest BCUT2D eigenvalue weighted by atomic mass is 35.5. The molecule has 0 radical (unpaired) electrons. The Morgan fingerprint density at radius 1 is 0.833 bits per heavy atom. The molecule has 2 N–H and O–H groups in total. The first kappa shape index (κ1) is 17.1. The number of hydrogen-bond donors (Lipinski definition) is 1. The maximum atomic E-state index is 13.3. The second-order valence-corrected chi connectivity index (χ2v) is 4.22. The largest absolute Gasteiger partial charge is 0.324 e. The van der Waals surface area contributed by atoms with Gasteiger partial charge in [0, 0.05) is 11.6 Å². The molecule has 1 aromatic rings. The van der Waals surface area contributed by atoms with Crippen LogP contribution < -0.4 is 5.73 Å². The van der Waals surface area contributed by atoms with E-state index in [1.807, 2.05) is 0 Å². The molecule has 0 aliphatic carbocycles. The Morgan fingerprint density at radius 2 is 1.17 bits per heavy atom. The quantitative estimate of drug-likeness (QED) is 0.510. The lowest BCUT2D eigenvalue weighted by Crippen LogP contribution is -2.19. The smallest absolute Gasteiger partial charge is 0.200 e. The Labute approximate surface area is 108 Å². The predicted octanol–water partition coefficient (Wildman–Crippen LogP) is 3.85. The van der Waals surface area contributed by atoms with Crippen molar-refractivity contribution in [3.8, 4) is 0 Å². The number of benzene rings is 1. The van der Waals surface area contributed by atoms with Gasteiger partial charge in [0.05, 0.1) is 0 Å². The third-order valence-corrected chi connectivity index (χ3v) is 2.34. The molecule has 0 fully saturated rings. The Kier molecular flexibility index (Phi) is 6.02. The van der Waals surface area contributed by atoms with Crippen LogP contribution in [0.5, 0.6) is 0 Å². The zero-order valence-electron chi connectivity index (χ0n) is 9.74. The van der Waals surface area contributed by atoms with Gasteiger partial charge in [-0.3, -0.25) is 0 Å². The van der Waals surface area contributed by atoms with Crippen LogP contribution in [0.1, 0.15) is 31.9 Å². The van der Waals surface area contributed by atoms with Crippen LogP contribution in [0.15, 0.2) is 0 Å². The summed E-state index contributed by atoms with van der Waals surface area (Å²) < 4.78 is 65.1. The Morgan fingerprint density at radius 3 is 1.50 bits per heavy atom. The highest BCUT2D eigenvalue weighted by molar-refractivity contribution is 5.85. The van der Waals surface area contributed by atoms with Gasteiger partial charge in [0.25, 0.3) is 0 Å². The monoisotopic (exact) mass is 289 g/mol. The molecule has 0 spiro atoms. The van der Waals surface area contributed by atoms with Gasteiger partial charge in [-0.05, 0) is 12.3 Å². The van der Waals surface area contributed by atoms with E-state index in [1.165, 1.54) is 0 Å². The summed E-state index contributed by atoms with van der Waals surface area (Å²) in [6.45, 7) is 3.46. The fourth-order valence-electron chi connectivity index (χ4n) is 1.57. The Bertz CT molecular complexity index is 407. The summed E-state index contributed by atoms with van der Waals surface area (Å²) in [4.78, 5) is 0. The summed E-state index contributed by atoms with van der Waals surface area (Å²) in [6, 6.07) is -1.22. The molecule has 0 heterocycles. The lowest BCUT2D eigenvalue weighted by Gasteiger charge is -2.16. The minimum atomic E-state index is -2.17. The molecular formula is C11H13ClF5N. The fourth-order valence-corrected chi connectivity index (χ4v) is 1.57. The molecule has 1 rings (SSSR count). The Balaban J connectivity index is 0.00000289. The molecule has 0 aliphatic heterocycles. The normalized spacial score (nSPS) is 12.5. The van der Waals surface area contributed by atoms with Gasteiger partial charge < -0.3 is 5.73 Å². The van der Waals surface area contributed by atoms with Crippen molar-refractivity contribution in [2.75, 3.05) is 0 Å². The van der Waals surface area contributed by atoms with E-state index >= 15 is 0 Å². The molecule has 1 nitrogen and oxygen atoms in total. The van der Waals surface area contributed by atoms with E-state index in [9.17, 15) is 22.0 Å². The lowest BCUT2D eigenvalue weighted by atomic mass is 9.96. The van der Waals surface area contributed by atoms with E-state index < -0.39 is 40.7 Å². The van der Waals surface area contributed by atoms with Gasteiger partial charge >= 0.3 is 0 Å². The molecule has 0 unspecified atom stereocenters. The molecule has 0 aromatic heterocycles. The molecule has 0 bridgehead atoms. The molecule has 0 saturated heterocycles. The van der Waals surface area contributed by atoms with E-state index in [1.54, 1.807) is 13.8 Å². The molecule has 18 heavy (non-hydrogen) atoms. The molecule has 0 saturated carbocycles. The molecule has 104 valence electrons. The number of halogens is 6. The van der Waals surface area contributed by atoms with Crippen molar-refractivity contribution in [2.45, 2.75) is 26.3 Å². The highest BCUT2D eigenvalue weighted by Gasteiger charge is 2.28. The van der Waals surface area contributed by atoms with Crippen molar-refractivity contribution in [1.82, 2.24) is 0 Å². The number of hydrogen-bond acceptors (Lipinski definition) is 1. The zero-order valence-corrected chi connectivity index (χ0v) is 10.6. The van der Waals surface area contributed by atoms with Crippen LogP contribution in [-0.2, 0) is 0 Å². The van der Waals surface area contributed by atoms with E-state index in [2.05, 4.69) is 0 Å². The van der Waals surface area contributed by atoms with E-state index in [4.69, 9.17) is 5.73 Å². The van der Waals surface area contributed by atoms with Crippen molar-refractivity contribution < 1.29 is 22.0 Å². The van der Waals surface area contributed by atoms with Crippen LogP contribution in [0.2, 0.25) is 0 Å². The Hall–Kier alpha value is -0.880. The van der Waals surface area contributed by atoms with Crippen LogP contribution in [0.4, 0.5) is 22.0 Å². The van der Waals surface area contributed by atoms with Gasteiger partial charge in [0.2, 0.25) is 5.82 Å². The SMILES string of the molecule is CC(C)C[C@H](N)c1c(F)c(F)c(F)c(F)c1F.Cl. The molecule has 0 amide bonds. The third kappa shape index (κ3) is 3.11. The summed E-state index contributed by atoms with van der Waals surface area (Å²) in [6.07, 6.45) is 0.123. The number of rotatable bonds is 3. The third-order valence-electron chi connectivity index (χ3n) is 2.34. The standard InChI is InChI=1S/C11H12F5N.ClH/c1-4(2)3-5(17)6-7(12)9(14)11(16)10(15)8(6)13;/h4-5H,3,17H2,1-2H3;1H/t5-;/m0./s1. The van der Waals surface area contributed by atoms with Gasteiger partial charge in [0.15, 0.2) is 23.3 Å². The van der Waals surface area contributed by atoms with Crippen LogP contribution in [0.3, 0.4) is 0 Å². The van der Waals surface area contributed by atoms with Crippen molar-refractivity contribution in [3.05, 3.63) is 34.6 Å². The lowest BCUT2D eigenvalue weighted by molar-refractivity contribution is 0.357. The van der Waals surface area contributed by atoms with Crippen molar-refractivity contribution in [3.63, 3.8) is 0 Å². The molecule has 1 aromatic carbocycles. The summed E-state index contributed by atoms with van der Waals surface area (Å²) in [5.74, 6) is -9.82. The molecular weight excluding hydrogens is 277 g/mol. The fraction of sp³-hybridized carbons (Fsp3) is 0.455. The zero-order chi connectivity index (χ0) is 13.3. The highest BCUT2D eigenvalue weighted by Crippen LogP contribution is 2.29. The minimum absolute atomic E-state index is 0. The summed E-state index contributed by atoms with van der Waals surface area (Å²) in [5, 5.41) is 0. The molecule has 7 heteroatoms.